The molecule has 0 atom stereocenters. The molecule has 6 heteroatoms. The van der Waals surface area contributed by atoms with Crippen LogP contribution in [0.2, 0.25) is 0 Å². The number of halogens is 1. The molecule has 0 aliphatic heterocycles. The number of hydrogen-bond acceptors (Lipinski definition) is 4. The monoisotopic (exact) mass is 387 g/mol. The van der Waals surface area contributed by atoms with Crippen molar-refractivity contribution in [1.82, 2.24) is 19.9 Å². The van der Waals surface area contributed by atoms with Gasteiger partial charge in [0.25, 0.3) is 0 Å². The van der Waals surface area contributed by atoms with Gasteiger partial charge in [-0.3, -0.25) is 0 Å². The SMILES string of the molecule is CN(C)C1CCC(Nc2ncnc3[nH]c4ccc(Br)cc4c23)CC1. The average molecular weight is 388 g/mol. The largest absolute Gasteiger partial charge is 0.367 e. The lowest BCUT2D eigenvalue weighted by atomic mass is 9.90. The third-order valence-corrected chi connectivity index (χ3v) is 5.61. The van der Waals surface area contributed by atoms with Crippen molar-refractivity contribution >= 4 is 43.7 Å². The number of aromatic nitrogens is 3. The molecule has 24 heavy (non-hydrogen) atoms. The highest BCUT2D eigenvalue weighted by Crippen LogP contribution is 2.32. The molecule has 0 amide bonds. The minimum absolute atomic E-state index is 0.483. The van der Waals surface area contributed by atoms with Gasteiger partial charge in [-0.25, -0.2) is 9.97 Å². The Hall–Kier alpha value is -1.66. The maximum absolute atomic E-state index is 4.54. The Bertz CT molecular complexity index is 864. The number of anilines is 1. The Kier molecular flexibility index (Phi) is 4.18. The van der Waals surface area contributed by atoms with E-state index in [9.17, 15) is 0 Å². The van der Waals surface area contributed by atoms with Gasteiger partial charge in [-0.1, -0.05) is 15.9 Å². The van der Waals surface area contributed by atoms with Gasteiger partial charge in [0.1, 0.15) is 17.8 Å². The molecule has 4 rings (SSSR count). The molecule has 126 valence electrons. The van der Waals surface area contributed by atoms with Crippen molar-refractivity contribution < 1.29 is 0 Å². The fourth-order valence-electron chi connectivity index (χ4n) is 3.73. The predicted octanol–water partition coefficient (Wildman–Crippen LogP) is 4.16. The summed E-state index contributed by atoms with van der Waals surface area (Å²) in [7, 11) is 4.35. The summed E-state index contributed by atoms with van der Waals surface area (Å²) in [6, 6.07) is 7.44. The van der Waals surface area contributed by atoms with Crippen molar-refractivity contribution in [2.24, 2.45) is 0 Å². The van der Waals surface area contributed by atoms with Gasteiger partial charge in [0.05, 0.1) is 5.39 Å². The summed E-state index contributed by atoms with van der Waals surface area (Å²) in [6.45, 7) is 0. The van der Waals surface area contributed by atoms with Gasteiger partial charge in [-0.05, 0) is 58.0 Å². The molecule has 1 aliphatic rings. The number of fused-ring (bicyclic) bond motifs is 3. The van der Waals surface area contributed by atoms with Crippen LogP contribution in [0.5, 0.6) is 0 Å². The standard InChI is InChI=1S/C18H22BrN5/c1-24(2)13-6-4-12(5-7-13)22-17-16-14-9-11(19)3-8-15(14)23-18(16)21-10-20-17/h3,8-10,12-13H,4-7H2,1-2H3,(H2,20,21,22,23). The van der Waals surface area contributed by atoms with E-state index in [2.05, 4.69) is 67.3 Å². The second kappa shape index (κ2) is 6.33. The first kappa shape index (κ1) is 15.8. The number of aromatic amines is 1. The molecular weight excluding hydrogens is 366 g/mol. The highest BCUT2D eigenvalue weighted by atomic mass is 79.9. The molecule has 1 aromatic carbocycles. The Morgan fingerprint density at radius 2 is 1.96 bits per heavy atom. The quantitative estimate of drug-likeness (QED) is 0.708. The van der Waals surface area contributed by atoms with E-state index in [1.807, 2.05) is 6.07 Å². The second-order valence-electron chi connectivity index (χ2n) is 6.87. The highest BCUT2D eigenvalue weighted by Gasteiger charge is 2.23. The fourth-order valence-corrected chi connectivity index (χ4v) is 4.10. The molecule has 1 aliphatic carbocycles. The summed E-state index contributed by atoms with van der Waals surface area (Å²) in [5.41, 5.74) is 1.98. The van der Waals surface area contributed by atoms with Gasteiger partial charge in [0.2, 0.25) is 0 Å². The van der Waals surface area contributed by atoms with Crippen molar-refractivity contribution in [2.45, 2.75) is 37.8 Å². The van der Waals surface area contributed by atoms with Crippen LogP contribution in [0.15, 0.2) is 29.0 Å². The summed E-state index contributed by atoms with van der Waals surface area (Å²) in [5, 5.41) is 5.92. The molecule has 2 N–H and O–H groups in total. The lowest BCUT2D eigenvalue weighted by molar-refractivity contribution is 0.221. The average Bonchev–Trinajstić information content (AvgIpc) is 2.94. The van der Waals surface area contributed by atoms with Crippen LogP contribution < -0.4 is 5.32 Å². The highest BCUT2D eigenvalue weighted by molar-refractivity contribution is 9.10. The third-order valence-electron chi connectivity index (χ3n) is 5.12. The van der Waals surface area contributed by atoms with Crippen LogP contribution in [-0.2, 0) is 0 Å². The Morgan fingerprint density at radius 3 is 2.71 bits per heavy atom. The number of rotatable bonds is 3. The first-order valence-electron chi connectivity index (χ1n) is 8.46. The lowest BCUT2D eigenvalue weighted by Crippen LogP contribution is -2.36. The van der Waals surface area contributed by atoms with E-state index in [1.54, 1.807) is 6.33 Å². The molecule has 3 aromatic rings. The van der Waals surface area contributed by atoms with Crippen molar-refractivity contribution in [3.05, 3.63) is 29.0 Å². The number of hydrogen-bond donors (Lipinski definition) is 2. The topological polar surface area (TPSA) is 56.8 Å². The van der Waals surface area contributed by atoms with Crippen molar-refractivity contribution in [3.63, 3.8) is 0 Å². The maximum atomic E-state index is 4.54. The van der Waals surface area contributed by atoms with Gasteiger partial charge in [-0.15, -0.1) is 0 Å². The molecule has 0 bridgehead atoms. The van der Waals surface area contributed by atoms with E-state index in [0.717, 1.165) is 32.2 Å². The normalized spacial score (nSPS) is 21.7. The Labute approximate surface area is 150 Å². The van der Waals surface area contributed by atoms with Crippen LogP contribution in [0.1, 0.15) is 25.7 Å². The van der Waals surface area contributed by atoms with Crippen molar-refractivity contribution in [1.29, 1.82) is 0 Å². The predicted molar refractivity (Wildman–Crippen MR) is 102 cm³/mol. The summed E-state index contributed by atoms with van der Waals surface area (Å²) in [6.07, 6.45) is 6.47. The van der Waals surface area contributed by atoms with Crippen LogP contribution >= 0.6 is 15.9 Å². The Balaban J connectivity index is 1.65. The van der Waals surface area contributed by atoms with Crippen molar-refractivity contribution in [3.8, 4) is 0 Å². The molecule has 0 spiro atoms. The second-order valence-corrected chi connectivity index (χ2v) is 7.79. The van der Waals surface area contributed by atoms with Gasteiger partial charge in [-0.2, -0.15) is 0 Å². The van der Waals surface area contributed by atoms with Gasteiger partial charge in [0, 0.05) is 27.5 Å². The summed E-state index contributed by atoms with van der Waals surface area (Å²) in [5.74, 6) is 0.942. The Morgan fingerprint density at radius 1 is 1.17 bits per heavy atom. The zero-order chi connectivity index (χ0) is 16.7. The molecular formula is C18H22BrN5. The van der Waals surface area contributed by atoms with E-state index in [1.165, 1.54) is 25.7 Å². The van der Waals surface area contributed by atoms with Gasteiger partial charge >= 0.3 is 0 Å². The van der Waals surface area contributed by atoms with E-state index in [-0.39, 0.29) is 0 Å². The van der Waals surface area contributed by atoms with Crippen LogP contribution in [0, 0.1) is 0 Å². The molecule has 1 saturated carbocycles. The molecule has 1 fully saturated rings. The minimum Gasteiger partial charge on any atom is -0.367 e. The minimum atomic E-state index is 0.483. The van der Waals surface area contributed by atoms with E-state index < -0.39 is 0 Å². The van der Waals surface area contributed by atoms with Crippen LogP contribution in [0.4, 0.5) is 5.82 Å². The number of benzene rings is 1. The van der Waals surface area contributed by atoms with Crippen molar-refractivity contribution in [2.75, 3.05) is 19.4 Å². The van der Waals surface area contributed by atoms with Crippen LogP contribution in [0.25, 0.3) is 21.9 Å². The van der Waals surface area contributed by atoms with Crippen LogP contribution in [0.3, 0.4) is 0 Å². The van der Waals surface area contributed by atoms with E-state index in [0.29, 0.717) is 12.1 Å². The fraction of sp³-hybridized carbons (Fsp3) is 0.444. The third kappa shape index (κ3) is 2.89. The molecule has 0 saturated heterocycles. The molecule has 5 nitrogen and oxygen atoms in total. The first-order valence-corrected chi connectivity index (χ1v) is 9.26. The molecule has 2 heterocycles. The first-order chi connectivity index (χ1) is 11.6. The zero-order valence-electron chi connectivity index (χ0n) is 14.0. The lowest BCUT2D eigenvalue weighted by Gasteiger charge is -2.33. The number of H-pyrrole nitrogens is 1. The number of nitrogens with zero attached hydrogens (tertiary/aromatic N) is 3. The maximum Gasteiger partial charge on any atom is 0.143 e. The molecule has 0 radical (unpaired) electrons. The summed E-state index contributed by atoms with van der Waals surface area (Å²) >= 11 is 3.57. The van der Waals surface area contributed by atoms with E-state index >= 15 is 0 Å². The van der Waals surface area contributed by atoms with Crippen LogP contribution in [-0.4, -0.2) is 46.0 Å². The zero-order valence-corrected chi connectivity index (χ0v) is 15.6. The van der Waals surface area contributed by atoms with E-state index in [4.69, 9.17) is 0 Å². The van der Waals surface area contributed by atoms with Gasteiger partial charge in [0.15, 0.2) is 0 Å². The summed E-state index contributed by atoms with van der Waals surface area (Å²) < 4.78 is 1.07. The number of nitrogens with one attached hydrogen (secondary N) is 2. The molecule has 0 unspecified atom stereocenters. The summed E-state index contributed by atoms with van der Waals surface area (Å²) in [4.78, 5) is 14.7. The van der Waals surface area contributed by atoms with Gasteiger partial charge < -0.3 is 15.2 Å². The molecule has 2 aromatic heterocycles. The smallest absolute Gasteiger partial charge is 0.143 e.